The van der Waals surface area contributed by atoms with Crippen molar-refractivity contribution in [2.24, 2.45) is 0 Å². The maximum Gasteiger partial charge on any atom is 0.432 e. The Morgan fingerprint density at radius 1 is 0.575 bits per heavy atom. The largest absolute Gasteiger partial charge is 0.432 e. The van der Waals surface area contributed by atoms with Gasteiger partial charge in [-0.25, -0.2) is 22.0 Å². The first-order valence-corrected chi connectivity index (χ1v) is 11.2. The monoisotopic (exact) mass is 568 g/mol. The molecule has 1 nitrogen and oxygen atoms in total. The van der Waals surface area contributed by atoms with E-state index in [0.717, 1.165) is 17.7 Å². The molecule has 0 aliphatic carbocycles. The summed E-state index contributed by atoms with van der Waals surface area (Å²) in [6.45, 7) is 1.89. The van der Waals surface area contributed by atoms with E-state index in [0.29, 0.717) is 17.7 Å². The molecule has 0 aliphatic rings. The molecule has 0 amide bonds. The van der Waals surface area contributed by atoms with Crippen LogP contribution in [-0.4, -0.2) is 0 Å². The molecule has 0 unspecified atom stereocenters. The number of hydrogen-bond acceptors (Lipinski definition) is 1. The van der Waals surface area contributed by atoms with E-state index in [1.165, 1.54) is 6.07 Å². The maximum absolute atomic E-state index is 14.8. The van der Waals surface area contributed by atoms with Crippen LogP contribution in [0.5, 0.6) is 5.75 Å². The number of rotatable bonds is 4. The summed E-state index contributed by atoms with van der Waals surface area (Å²) >= 11 is 0. The minimum atomic E-state index is -5.48. The Kier molecular flexibility index (Phi) is 7.57. The lowest BCUT2D eigenvalue weighted by Gasteiger charge is -2.21. The second-order valence-electron chi connectivity index (χ2n) is 8.50. The summed E-state index contributed by atoms with van der Waals surface area (Å²) in [5.41, 5.74) is -3.33. The Hall–Kier alpha value is -4.46. The second-order valence-corrected chi connectivity index (χ2v) is 8.50. The molecule has 4 rings (SSSR count). The van der Waals surface area contributed by atoms with Gasteiger partial charge in [0.15, 0.2) is 0 Å². The number of alkyl halides is 5. The van der Waals surface area contributed by atoms with Gasteiger partial charge in [0.1, 0.15) is 46.0 Å². The van der Waals surface area contributed by atoms with Gasteiger partial charge in [0.2, 0.25) is 0 Å². The zero-order valence-electron chi connectivity index (χ0n) is 20.0. The molecular formula is C29H14F10O. The van der Waals surface area contributed by atoms with Gasteiger partial charge in [0, 0.05) is 28.8 Å². The highest BCUT2D eigenvalue weighted by molar-refractivity contribution is 5.66. The van der Waals surface area contributed by atoms with Gasteiger partial charge in [-0.15, -0.1) is 0 Å². The van der Waals surface area contributed by atoms with Crippen LogP contribution in [-0.2, 0) is 12.3 Å². The lowest BCUT2D eigenvalue weighted by molar-refractivity contribution is -0.189. The Morgan fingerprint density at radius 3 is 1.60 bits per heavy atom. The lowest BCUT2D eigenvalue weighted by Crippen LogP contribution is -2.25. The van der Waals surface area contributed by atoms with Crippen LogP contribution in [0.2, 0.25) is 0 Å². The van der Waals surface area contributed by atoms with Gasteiger partial charge in [0.05, 0.1) is 0 Å². The van der Waals surface area contributed by atoms with Crippen molar-refractivity contribution in [3.8, 4) is 28.7 Å². The van der Waals surface area contributed by atoms with Gasteiger partial charge < -0.3 is 4.74 Å². The van der Waals surface area contributed by atoms with Crippen molar-refractivity contribution in [1.82, 2.24) is 0 Å². The molecule has 0 atom stereocenters. The fraction of sp³-hybridized carbons (Fsp3) is 0.103. The van der Waals surface area contributed by atoms with Crippen LogP contribution < -0.4 is 4.74 Å². The number of ether oxygens (including phenoxy) is 1. The fourth-order valence-corrected chi connectivity index (χ4v) is 3.69. The molecular weight excluding hydrogens is 554 g/mol. The van der Waals surface area contributed by atoms with Crippen molar-refractivity contribution in [1.29, 1.82) is 0 Å². The molecule has 0 aliphatic heterocycles. The van der Waals surface area contributed by atoms with E-state index in [9.17, 15) is 43.9 Å². The lowest BCUT2D eigenvalue weighted by atomic mass is 10.0. The highest BCUT2D eigenvalue weighted by Gasteiger charge is 2.43. The molecule has 0 radical (unpaired) electrons. The average Bonchev–Trinajstić information content (AvgIpc) is 2.81. The number of benzene rings is 4. The van der Waals surface area contributed by atoms with Crippen molar-refractivity contribution in [2.45, 2.75) is 19.2 Å². The van der Waals surface area contributed by atoms with Crippen molar-refractivity contribution in [2.75, 3.05) is 0 Å². The van der Waals surface area contributed by atoms with Gasteiger partial charge in [-0.2, -0.15) is 22.0 Å². The first kappa shape index (κ1) is 28.5. The predicted octanol–water partition coefficient (Wildman–Crippen LogP) is 8.90. The molecule has 11 heteroatoms. The molecule has 0 saturated carbocycles. The predicted molar refractivity (Wildman–Crippen MR) is 125 cm³/mol. The van der Waals surface area contributed by atoms with Crippen molar-refractivity contribution in [3.05, 3.63) is 124 Å². The van der Waals surface area contributed by atoms with Crippen LogP contribution >= 0.6 is 0 Å². The molecule has 4 aromatic carbocycles. The highest BCUT2D eigenvalue weighted by Crippen LogP contribution is 2.40. The average molecular weight is 568 g/mol. The Labute approximate surface area is 220 Å². The van der Waals surface area contributed by atoms with Gasteiger partial charge in [0.25, 0.3) is 0 Å². The third-order valence-electron chi connectivity index (χ3n) is 5.56. The molecule has 4 aromatic rings. The van der Waals surface area contributed by atoms with Gasteiger partial charge in [-0.05, 0) is 48.9 Å². The van der Waals surface area contributed by atoms with Crippen LogP contribution in [0.1, 0.15) is 27.8 Å². The van der Waals surface area contributed by atoms with Crippen LogP contribution in [0.25, 0.3) is 11.1 Å². The summed E-state index contributed by atoms with van der Waals surface area (Å²) in [4.78, 5) is 0. The fourth-order valence-electron chi connectivity index (χ4n) is 3.69. The Balaban J connectivity index is 1.62. The minimum Gasteiger partial charge on any atom is -0.429 e. The number of hydrogen-bond donors (Lipinski definition) is 0. The smallest absolute Gasteiger partial charge is 0.429 e. The van der Waals surface area contributed by atoms with Crippen molar-refractivity contribution in [3.63, 3.8) is 0 Å². The van der Waals surface area contributed by atoms with Crippen LogP contribution in [0.15, 0.2) is 66.7 Å². The van der Waals surface area contributed by atoms with E-state index in [-0.39, 0.29) is 23.3 Å². The zero-order valence-corrected chi connectivity index (χ0v) is 20.0. The highest BCUT2D eigenvalue weighted by atomic mass is 19.4. The minimum absolute atomic E-state index is 0.206. The van der Waals surface area contributed by atoms with E-state index < -0.39 is 63.8 Å². The molecule has 0 N–H and O–H groups in total. The summed E-state index contributed by atoms with van der Waals surface area (Å²) in [5, 5.41) is 0. The molecule has 40 heavy (non-hydrogen) atoms. The Bertz CT molecular complexity index is 1600. The van der Waals surface area contributed by atoms with Crippen LogP contribution in [0, 0.1) is 47.9 Å². The maximum atomic E-state index is 14.8. The normalized spacial score (nSPS) is 11.7. The van der Waals surface area contributed by atoms with Crippen LogP contribution in [0.3, 0.4) is 0 Å². The summed E-state index contributed by atoms with van der Waals surface area (Å²) in [5.74, 6) is -5.30. The second kappa shape index (κ2) is 10.6. The first-order valence-electron chi connectivity index (χ1n) is 11.2. The standard InChI is InChI=1S/C29H14F10O/c1-15-2-4-16(5-3-15)6-7-17-8-9-20(21(30)10-17)18-11-22(31)27(23(32)12-18)29(38,39)40-19-13-24(33)26(25(34)14-19)28(35,36)37/h2-5,8-14H,1H3. The van der Waals surface area contributed by atoms with Gasteiger partial charge in [-0.3, -0.25) is 0 Å². The third kappa shape index (κ3) is 6.06. The summed E-state index contributed by atoms with van der Waals surface area (Å²) in [6, 6.07) is 11.0. The SMILES string of the molecule is Cc1ccc(C#Cc2ccc(-c3cc(F)c(C(F)(F)Oc4cc(F)c(C(F)(F)F)c(F)c4)c(F)c3)c(F)c2)cc1. The van der Waals surface area contributed by atoms with E-state index >= 15 is 0 Å². The van der Waals surface area contributed by atoms with E-state index in [1.807, 2.05) is 19.1 Å². The van der Waals surface area contributed by atoms with Gasteiger partial charge in [-0.1, -0.05) is 35.6 Å². The topological polar surface area (TPSA) is 9.23 Å². The number of aryl methyl sites for hydroxylation is 1. The molecule has 0 saturated heterocycles. The molecule has 0 heterocycles. The van der Waals surface area contributed by atoms with Gasteiger partial charge >= 0.3 is 12.3 Å². The first-order chi connectivity index (χ1) is 18.7. The number of halogens is 10. The summed E-state index contributed by atoms with van der Waals surface area (Å²) in [6.07, 6.45) is -10.4. The molecule has 206 valence electrons. The molecule has 0 spiro atoms. The van der Waals surface area contributed by atoms with Crippen molar-refractivity contribution >= 4 is 0 Å². The van der Waals surface area contributed by atoms with Crippen molar-refractivity contribution < 1.29 is 48.6 Å². The summed E-state index contributed by atoms with van der Waals surface area (Å²) in [7, 11) is 0. The van der Waals surface area contributed by atoms with E-state index in [2.05, 4.69) is 16.6 Å². The summed E-state index contributed by atoms with van der Waals surface area (Å²) < 4.78 is 143. The molecule has 0 aromatic heterocycles. The molecule has 0 bridgehead atoms. The van der Waals surface area contributed by atoms with E-state index in [4.69, 9.17) is 0 Å². The third-order valence-corrected chi connectivity index (χ3v) is 5.56. The quantitative estimate of drug-likeness (QED) is 0.177. The van der Waals surface area contributed by atoms with E-state index in [1.54, 1.807) is 12.1 Å². The zero-order chi connectivity index (χ0) is 29.4. The molecule has 0 fully saturated rings. The van der Waals surface area contributed by atoms with Crippen LogP contribution in [0.4, 0.5) is 43.9 Å². The Morgan fingerprint density at radius 2 is 1.07 bits per heavy atom.